The van der Waals surface area contributed by atoms with Gasteiger partial charge in [-0.15, -0.1) is 0 Å². The number of hydrogen-bond acceptors (Lipinski definition) is 13. The standard InChI is InChI=1S/C28H54N4O10.2CH2O/c1-29-13-5-4-11-24(21-39-19-7-6-16-33)32-26(34)12-8-20-40-25(22-41-27(35)30-14-9-17-37-2)23-42-28(36)31-15-10-18-38-3;2*1-2/h16,24-25,29H,4-15,17-23H2,1-3H3,(H,30,35)(H,31,36)(H,32,34);2*1H2. The van der Waals surface area contributed by atoms with E-state index in [1.165, 1.54) is 0 Å². The Bertz CT molecular complexity index is 691. The van der Waals surface area contributed by atoms with Crippen LogP contribution in [0.4, 0.5) is 9.59 Å². The minimum atomic E-state index is -0.706. The lowest BCUT2D eigenvalue weighted by Gasteiger charge is -2.20. The number of carbonyl (C=O) groups is 6. The molecule has 4 N–H and O–H groups in total. The molecule has 16 heteroatoms. The summed E-state index contributed by atoms with van der Waals surface area (Å²) in [5, 5.41) is 11.4. The lowest BCUT2D eigenvalue weighted by molar-refractivity contribution is -0.123. The Morgan fingerprint density at radius 1 is 0.717 bits per heavy atom. The van der Waals surface area contributed by atoms with Gasteiger partial charge in [-0.2, -0.15) is 0 Å². The highest BCUT2D eigenvalue weighted by Gasteiger charge is 2.17. The zero-order valence-electron chi connectivity index (χ0n) is 28.0. The molecule has 0 spiro atoms. The number of amides is 3. The third-order valence-corrected chi connectivity index (χ3v) is 5.82. The van der Waals surface area contributed by atoms with Crippen LogP contribution in [0.2, 0.25) is 0 Å². The van der Waals surface area contributed by atoms with Crippen LogP contribution in [0.1, 0.15) is 57.8 Å². The zero-order valence-corrected chi connectivity index (χ0v) is 28.0. The first-order valence-electron chi connectivity index (χ1n) is 15.4. The van der Waals surface area contributed by atoms with Crippen LogP contribution in [0.15, 0.2) is 0 Å². The smallest absolute Gasteiger partial charge is 0.407 e. The maximum atomic E-state index is 12.6. The highest BCUT2D eigenvalue weighted by atomic mass is 16.6. The van der Waals surface area contributed by atoms with E-state index in [1.807, 2.05) is 20.6 Å². The summed E-state index contributed by atoms with van der Waals surface area (Å²) in [6.07, 6.45) is 4.68. The molecule has 46 heavy (non-hydrogen) atoms. The quantitative estimate of drug-likeness (QED) is 0.0655. The molecule has 0 bridgehead atoms. The topological polar surface area (TPSA) is 206 Å². The van der Waals surface area contributed by atoms with Gasteiger partial charge in [-0.3, -0.25) is 4.79 Å². The molecule has 270 valence electrons. The van der Waals surface area contributed by atoms with Gasteiger partial charge in [0.2, 0.25) is 5.91 Å². The van der Waals surface area contributed by atoms with Crippen molar-refractivity contribution < 1.29 is 57.2 Å². The number of carbonyl (C=O) groups excluding carboxylic acids is 6. The third kappa shape index (κ3) is 35.3. The van der Waals surface area contributed by atoms with Crippen LogP contribution in [-0.2, 0) is 47.6 Å². The third-order valence-electron chi connectivity index (χ3n) is 5.82. The van der Waals surface area contributed by atoms with E-state index in [1.54, 1.807) is 14.2 Å². The molecule has 0 radical (unpaired) electrons. The minimum absolute atomic E-state index is 0.120. The van der Waals surface area contributed by atoms with Crippen LogP contribution in [0.3, 0.4) is 0 Å². The summed E-state index contributed by atoms with van der Waals surface area (Å²) in [5.41, 5.74) is 0. The zero-order chi connectivity index (χ0) is 35.1. The van der Waals surface area contributed by atoms with Crippen LogP contribution in [0.25, 0.3) is 0 Å². The van der Waals surface area contributed by atoms with Crippen LogP contribution in [0, 0.1) is 0 Å². The van der Waals surface area contributed by atoms with Gasteiger partial charge in [0.05, 0.1) is 12.6 Å². The van der Waals surface area contributed by atoms with E-state index in [2.05, 4.69) is 21.3 Å². The van der Waals surface area contributed by atoms with Gasteiger partial charge in [0.1, 0.15) is 39.2 Å². The Hall–Kier alpha value is -3.18. The number of nitrogens with one attached hydrogen (secondary N) is 4. The second-order valence-electron chi connectivity index (χ2n) is 9.59. The maximum Gasteiger partial charge on any atom is 0.407 e. The molecule has 0 saturated heterocycles. The maximum absolute atomic E-state index is 12.6. The van der Waals surface area contributed by atoms with Crippen molar-refractivity contribution in [2.24, 2.45) is 0 Å². The summed E-state index contributed by atoms with van der Waals surface area (Å²) in [7, 11) is 5.06. The van der Waals surface area contributed by atoms with E-state index in [4.69, 9.17) is 38.0 Å². The molecule has 16 nitrogen and oxygen atoms in total. The van der Waals surface area contributed by atoms with E-state index < -0.39 is 18.3 Å². The number of hydrogen-bond donors (Lipinski definition) is 4. The molecule has 0 aromatic rings. The summed E-state index contributed by atoms with van der Waals surface area (Å²) in [6.45, 7) is 7.52. The molecule has 0 heterocycles. The highest BCUT2D eigenvalue weighted by Crippen LogP contribution is 2.05. The van der Waals surface area contributed by atoms with Crippen LogP contribution >= 0.6 is 0 Å². The number of rotatable bonds is 29. The average Bonchev–Trinajstić information content (AvgIpc) is 3.07. The summed E-state index contributed by atoms with van der Waals surface area (Å²) in [6, 6.07) is -0.120. The fourth-order valence-electron chi connectivity index (χ4n) is 3.56. The lowest BCUT2D eigenvalue weighted by Crippen LogP contribution is -2.38. The van der Waals surface area contributed by atoms with Gasteiger partial charge in [0.25, 0.3) is 0 Å². The summed E-state index contributed by atoms with van der Waals surface area (Å²) in [4.78, 5) is 63.0. The van der Waals surface area contributed by atoms with Crippen LogP contribution < -0.4 is 21.3 Å². The molecular formula is C30H58N4O12. The fourth-order valence-corrected chi connectivity index (χ4v) is 3.56. The van der Waals surface area contributed by atoms with Gasteiger partial charge in [-0.1, -0.05) is 6.42 Å². The van der Waals surface area contributed by atoms with Crippen LogP contribution in [0.5, 0.6) is 0 Å². The molecule has 0 rings (SSSR count). The van der Waals surface area contributed by atoms with E-state index in [-0.39, 0.29) is 38.2 Å². The van der Waals surface area contributed by atoms with E-state index in [9.17, 15) is 19.2 Å². The van der Waals surface area contributed by atoms with Gasteiger partial charge < -0.3 is 64.1 Å². The molecule has 0 aliphatic carbocycles. The molecule has 1 unspecified atom stereocenters. The van der Waals surface area contributed by atoms with Crippen molar-refractivity contribution in [3.8, 4) is 0 Å². The molecule has 0 saturated carbocycles. The summed E-state index contributed by atoms with van der Waals surface area (Å²) >= 11 is 0. The van der Waals surface area contributed by atoms with Gasteiger partial charge in [-0.25, -0.2) is 9.59 Å². The first-order chi connectivity index (χ1) is 22.5. The number of aldehydes is 1. The lowest BCUT2D eigenvalue weighted by atomic mass is 10.1. The Kier molecular flexibility index (Phi) is 40.9. The van der Waals surface area contributed by atoms with E-state index in [0.717, 1.165) is 32.1 Å². The Morgan fingerprint density at radius 2 is 1.30 bits per heavy atom. The number of unbranched alkanes of at least 4 members (excludes halogenated alkanes) is 2. The molecule has 0 aromatic carbocycles. The Balaban J connectivity index is -0.00000443. The Labute approximate surface area is 273 Å². The van der Waals surface area contributed by atoms with Gasteiger partial charge in [0, 0.05) is 66.6 Å². The second kappa shape index (κ2) is 39.8. The monoisotopic (exact) mass is 666 g/mol. The van der Waals surface area contributed by atoms with Crippen molar-refractivity contribution in [2.45, 2.75) is 69.9 Å². The molecule has 0 aromatic heterocycles. The molecule has 0 aliphatic rings. The number of methoxy groups -OCH3 is 2. The molecule has 1 atom stereocenters. The fraction of sp³-hybridized carbons (Fsp3) is 0.800. The van der Waals surface area contributed by atoms with Crippen molar-refractivity contribution in [2.75, 3.05) is 87.1 Å². The van der Waals surface area contributed by atoms with E-state index in [0.29, 0.717) is 71.6 Å². The first-order valence-corrected chi connectivity index (χ1v) is 15.4. The minimum Gasteiger partial charge on any atom is -0.447 e. The van der Waals surface area contributed by atoms with Crippen molar-refractivity contribution in [1.82, 2.24) is 21.3 Å². The molecule has 0 aliphatic heterocycles. The molecular weight excluding hydrogens is 608 g/mol. The highest BCUT2D eigenvalue weighted by molar-refractivity contribution is 5.76. The van der Waals surface area contributed by atoms with Gasteiger partial charge >= 0.3 is 12.2 Å². The van der Waals surface area contributed by atoms with Crippen molar-refractivity contribution in [3.05, 3.63) is 0 Å². The predicted molar refractivity (Wildman–Crippen MR) is 171 cm³/mol. The molecule has 3 amide bonds. The van der Waals surface area contributed by atoms with Crippen molar-refractivity contribution in [3.63, 3.8) is 0 Å². The summed E-state index contributed by atoms with van der Waals surface area (Å²) < 4.78 is 31.8. The SMILES string of the molecule is C=O.C=O.CNCCCCC(COCCCC=O)NC(=O)CCCOC(COC(=O)NCCCOC)COC(=O)NCCCOC. The summed E-state index contributed by atoms with van der Waals surface area (Å²) in [5.74, 6) is -0.122. The van der Waals surface area contributed by atoms with Crippen LogP contribution in [-0.4, -0.2) is 137 Å². The largest absolute Gasteiger partial charge is 0.447 e. The predicted octanol–water partition coefficient (Wildman–Crippen LogP) is 1.18. The van der Waals surface area contributed by atoms with Gasteiger partial charge in [-0.05, 0) is 52.1 Å². The number of alkyl carbamates (subject to hydrolysis) is 2. The van der Waals surface area contributed by atoms with Crippen molar-refractivity contribution in [1.29, 1.82) is 0 Å². The normalized spacial score (nSPS) is 10.8. The average molecular weight is 667 g/mol. The Morgan fingerprint density at radius 3 is 1.83 bits per heavy atom. The van der Waals surface area contributed by atoms with E-state index >= 15 is 0 Å². The second-order valence-corrected chi connectivity index (χ2v) is 9.59. The molecule has 0 fully saturated rings. The number of ether oxygens (including phenoxy) is 6. The first kappa shape index (κ1) is 47.2. The van der Waals surface area contributed by atoms with Crippen molar-refractivity contribution >= 4 is 38.0 Å². The van der Waals surface area contributed by atoms with Gasteiger partial charge in [0.15, 0.2) is 0 Å².